The summed E-state index contributed by atoms with van der Waals surface area (Å²) in [5, 5.41) is 2.97. The van der Waals surface area contributed by atoms with Crippen molar-refractivity contribution >= 4 is 17.5 Å². The molecule has 0 radical (unpaired) electrons. The highest BCUT2D eigenvalue weighted by Gasteiger charge is 2.26. The number of anilines is 1. The molecular formula is C20H24N4O2. The van der Waals surface area contributed by atoms with E-state index in [2.05, 4.69) is 20.2 Å². The zero-order valence-corrected chi connectivity index (χ0v) is 15.1. The predicted molar refractivity (Wildman–Crippen MR) is 99.7 cm³/mol. The second-order valence-electron chi connectivity index (χ2n) is 7.15. The van der Waals surface area contributed by atoms with E-state index in [1.165, 1.54) is 12.8 Å². The maximum absolute atomic E-state index is 12.6. The molecule has 1 amide bonds. The SMILES string of the molecule is Cc1c(C(=O)NCc2ccnc(N3CCCC3)c2)[nH]c2c1C(=O)CCC2. The summed E-state index contributed by atoms with van der Waals surface area (Å²) < 4.78 is 0. The van der Waals surface area contributed by atoms with Gasteiger partial charge in [0, 0.05) is 43.5 Å². The number of Topliss-reactive ketones (excluding diaryl/α,β-unsaturated/α-hetero) is 1. The van der Waals surface area contributed by atoms with Gasteiger partial charge in [0.1, 0.15) is 11.5 Å². The van der Waals surface area contributed by atoms with Gasteiger partial charge in [0.2, 0.25) is 0 Å². The van der Waals surface area contributed by atoms with Crippen LogP contribution in [0.1, 0.15) is 63.4 Å². The maximum Gasteiger partial charge on any atom is 0.268 e. The van der Waals surface area contributed by atoms with Crippen LogP contribution in [-0.4, -0.2) is 34.7 Å². The number of ketones is 1. The first-order chi connectivity index (χ1) is 12.6. The van der Waals surface area contributed by atoms with Crippen molar-refractivity contribution < 1.29 is 9.59 Å². The molecule has 2 aliphatic rings. The molecule has 0 aromatic carbocycles. The Labute approximate surface area is 153 Å². The van der Waals surface area contributed by atoms with Gasteiger partial charge in [-0.1, -0.05) is 0 Å². The molecule has 4 rings (SSSR count). The van der Waals surface area contributed by atoms with Gasteiger partial charge < -0.3 is 15.2 Å². The minimum absolute atomic E-state index is 0.142. The standard InChI is InChI=1S/C20H24N4O2/c1-13-18-15(5-4-6-16(18)25)23-19(13)20(26)22-12-14-7-8-21-17(11-14)24-9-2-3-10-24/h7-8,11,23H,2-6,9-10,12H2,1H3,(H,22,26). The van der Waals surface area contributed by atoms with E-state index < -0.39 is 0 Å². The first-order valence-electron chi connectivity index (χ1n) is 9.36. The molecule has 1 fully saturated rings. The quantitative estimate of drug-likeness (QED) is 0.887. The molecule has 3 heterocycles. The van der Waals surface area contributed by atoms with Crippen LogP contribution < -0.4 is 10.2 Å². The Bertz CT molecular complexity index is 849. The van der Waals surface area contributed by atoms with Crippen molar-refractivity contribution in [2.75, 3.05) is 18.0 Å². The Hall–Kier alpha value is -2.63. The minimum Gasteiger partial charge on any atom is -0.357 e. The van der Waals surface area contributed by atoms with Crippen molar-refractivity contribution in [3.05, 3.63) is 46.4 Å². The monoisotopic (exact) mass is 352 g/mol. The van der Waals surface area contributed by atoms with Crippen LogP contribution in [0.25, 0.3) is 0 Å². The van der Waals surface area contributed by atoms with E-state index in [1.54, 1.807) is 6.20 Å². The zero-order chi connectivity index (χ0) is 18.1. The molecule has 136 valence electrons. The number of rotatable bonds is 4. The fraction of sp³-hybridized carbons (Fsp3) is 0.450. The van der Waals surface area contributed by atoms with E-state index >= 15 is 0 Å². The summed E-state index contributed by atoms with van der Waals surface area (Å²) in [5.41, 5.74) is 3.94. The summed E-state index contributed by atoms with van der Waals surface area (Å²) >= 11 is 0. The first-order valence-corrected chi connectivity index (χ1v) is 9.36. The Morgan fingerprint density at radius 3 is 2.85 bits per heavy atom. The van der Waals surface area contributed by atoms with Crippen LogP contribution in [0.2, 0.25) is 0 Å². The molecule has 1 aliphatic heterocycles. The van der Waals surface area contributed by atoms with E-state index in [0.717, 1.165) is 54.1 Å². The second kappa shape index (κ2) is 6.94. The third-order valence-corrected chi connectivity index (χ3v) is 5.36. The number of fused-ring (bicyclic) bond motifs is 1. The molecule has 6 heteroatoms. The molecule has 6 nitrogen and oxygen atoms in total. The van der Waals surface area contributed by atoms with Gasteiger partial charge in [0.05, 0.1) is 0 Å². The molecule has 2 N–H and O–H groups in total. The lowest BCUT2D eigenvalue weighted by atomic mass is 9.94. The third-order valence-electron chi connectivity index (χ3n) is 5.36. The molecule has 0 bridgehead atoms. The normalized spacial score (nSPS) is 16.7. The lowest BCUT2D eigenvalue weighted by molar-refractivity contribution is 0.0945. The highest BCUT2D eigenvalue weighted by molar-refractivity contribution is 6.04. The van der Waals surface area contributed by atoms with E-state index in [4.69, 9.17) is 0 Å². The molecule has 1 aliphatic carbocycles. The van der Waals surface area contributed by atoms with E-state index in [0.29, 0.717) is 18.7 Å². The van der Waals surface area contributed by atoms with Crippen molar-refractivity contribution in [1.29, 1.82) is 0 Å². The average Bonchev–Trinajstić information content (AvgIpc) is 3.29. The Balaban J connectivity index is 1.46. The zero-order valence-electron chi connectivity index (χ0n) is 15.1. The molecule has 1 saturated heterocycles. The fourth-order valence-electron chi connectivity index (χ4n) is 3.96. The summed E-state index contributed by atoms with van der Waals surface area (Å²) in [5.74, 6) is 0.957. The summed E-state index contributed by atoms with van der Waals surface area (Å²) in [4.78, 5) is 34.6. The van der Waals surface area contributed by atoms with Gasteiger partial charge in [0.15, 0.2) is 5.78 Å². The molecule has 0 saturated carbocycles. The fourth-order valence-corrected chi connectivity index (χ4v) is 3.96. The van der Waals surface area contributed by atoms with Gasteiger partial charge in [-0.3, -0.25) is 9.59 Å². The molecule has 0 spiro atoms. The Morgan fingerprint density at radius 2 is 2.08 bits per heavy atom. The largest absolute Gasteiger partial charge is 0.357 e. The third kappa shape index (κ3) is 3.11. The van der Waals surface area contributed by atoms with Crippen LogP contribution in [0.15, 0.2) is 18.3 Å². The van der Waals surface area contributed by atoms with Crippen molar-refractivity contribution in [2.45, 2.75) is 45.6 Å². The topological polar surface area (TPSA) is 78.1 Å². The number of hydrogen-bond donors (Lipinski definition) is 2. The summed E-state index contributed by atoms with van der Waals surface area (Å²) in [6, 6.07) is 3.97. The molecule has 26 heavy (non-hydrogen) atoms. The van der Waals surface area contributed by atoms with Crippen molar-refractivity contribution in [3.63, 3.8) is 0 Å². The van der Waals surface area contributed by atoms with Crippen LogP contribution in [0.3, 0.4) is 0 Å². The van der Waals surface area contributed by atoms with Crippen molar-refractivity contribution in [2.24, 2.45) is 0 Å². The number of carbonyl (C=O) groups is 2. The maximum atomic E-state index is 12.6. The predicted octanol–water partition coefficient (Wildman–Crippen LogP) is 2.77. The van der Waals surface area contributed by atoms with Gasteiger partial charge in [-0.05, 0) is 55.9 Å². The number of aromatic amines is 1. The number of pyridine rings is 1. The number of carbonyl (C=O) groups excluding carboxylic acids is 2. The second-order valence-corrected chi connectivity index (χ2v) is 7.15. The van der Waals surface area contributed by atoms with Gasteiger partial charge in [-0.25, -0.2) is 4.98 Å². The molecule has 2 aromatic rings. The number of H-pyrrole nitrogens is 1. The lowest BCUT2D eigenvalue weighted by Crippen LogP contribution is -2.24. The van der Waals surface area contributed by atoms with E-state index in [-0.39, 0.29) is 11.7 Å². The number of nitrogens with zero attached hydrogens (tertiary/aromatic N) is 2. The van der Waals surface area contributed by atoms with E-state index in [1.807, 2.05) is 19.1 Å². The molecular weight excluding hydrogens is 328 g/mol. The van der Waals surface area contributed by atoms with Gasteiger partial charge in [0.25, 0.3) is 5.91 Å². The van der Waals surface area contributed by atoms with Gasteiger partial charge in [-0.2, -0.15) is 0 Å². The molecule has 0 unspecified atom stereocenters. The summed E-state index contributed by atoms with van der Waals surface area (Å²) in [7, 11) is 0. The Morgan fingerprint density at radius 1 is 1.27 bits per heavy atom. The van der Waals surface area contributed by atoms with Crippen LogP contribution in [0.5, 0.6) is 0 Å². The number of amides is 1. The molecule has 0 atom stereocenters. The Kier molecular flexibility index (Phi) is 4.49. The molecule has 2 aromatic heterocycles. The number of hydrogen-bond acceptors (Lipinski definition) is 4. The highest BCUT2D eigenvalue weighted by atomic mass is 16.2. The summed E-state index contributed by atoms with van der Waals surface area (Å²) in [6.07, 6.45) is 6.47. The minimum atomic E-state index is -0.163. The number of aryl methyl sites for hydroxylation is 1. The summed E-state index contributed by atoms with van der Waals surface area (Å²) in [6.45, 7) is 4.39. The lowest BCUT2D eigenvalue weighted by Gasteiger charge is -2.17. The first kappa shape index (κ1) is 16.8. The van der Waals surface area contributed by atoms with Crippen LogP contribution in [0.4, 0.5) is 5.82 Å². The smallest absolute Gasteiger partial charge is 0.268 e. The van der Waals surface area contributed by atoms with Gasteiger partial charge >= 0.3 is 0 Å². The number of nitrogens with one attached hydrogen (secondary N) is 2. The number of aromatic nitrogens is 2. The van der Waals surface area contributed by atoms with Crippen LogP contribution in [0, 0.1) is 6.92 Å². The van der Waals surface area contributed by atoms with Crippen molar-refractivity contribution in [3.8, 4) is 0 Å². The highest BCUT2D eigenvalue weighted by Crippen LogP contribution is 2.26. The van der Waals surface area contributed by atoms with Crippen molar-refractivity contribution in [1.82, 2.24) is 15.3 Å². The van der Waals surface area contributed by atoms with E-state index in [9.17, 15) is 9.59 Å². The van der Waals surface area contributed by atoms with Gasteiger partial charge in [-0.15, -0.1) is 0 Å². The average molecular weight is 352 g/mol. The van der Waals surface area contributed by atoms with Crippen LogP contribution in [-0.2, 0) is 13.0 Å². The van der Waals surface area contributed by atoms with Crippen LogP contribution >= 0.6 is 0 Å².